The second-order valence-electron chi connectivity index (χ2n) is 6.89. The summed E-state index contributed by atoms with van der Waals surface area (Å²) in [4.78, 5) is 30.1. The molecule has 2 amide bonds. The van der Waals surface area contributed by atoms with Gasteiger partial charge in [0.1, 0.15) is 11.9 Å². The maximum Gasteiger partial charge on any atom is 0.244 e. The molecule has 0 bridgehead atoms. The summed E-state index contributed by atoms with van der Waals surface area (Å²) in [6, 6.07) is 5.04. The lowest BCUT2D eigenvalue weighted by Gasteiger charge is -2.29. The van der Waals surface area contributed by atoms with Gasteiger partial charge in [0.05, 0.1) is 17.7 Å². The fraction of sp³-hybridized carbons (Fsp3) is 0.421. The number of nitrogens with zero attached hydrogens (tertiary/aromatic N) is 2. The number of sulfone groups is 1. The predicted octanol–water partition coefficient (Wildman–Crippen LogP) is 1.18. The van der Waals surface area contributed by atoms with E-state index in [1.54, 1.807) is 19.1 Å². The number of carbonyl (C=O) groups excluding carboxylic acids is 2. The number of halogens is 1. The zero-order chi connectivity index (χ0) is 21.0. The van der Waals surface area contributed by atoms with E-state index >= 15 is 0 Å². The molecule has 2 heterocycles. The molecule has 2 aromatic rings. The minimum atomic E-state index is -3.07. The Hall–Kier alpha value is -2.75. The number of aromatic nitrogens is 1. The molecule has 1 aromatic heterocycles. The fourth-order valence-corrected chi connectivity index (χ4v) is 4.18. The summed E-state index contributed by atoms with van der Waals surface area (Å²) < 4.78 is 41.5. The van der Waals surface area contributed by atoms with Gasteiger partial charge in [-0.25, -0.2) is 17.8 Å². The standard InChI is InChI=1S/C19H22FN3O5S/c1-13(19(25)23-8-10-29(26,27)11-9-23)22-17(24)6-7-18-21-12-16(28-18)14-2-4-15(20)5-3-14/h2-5,12-13H,6-11H2,1H3,(H,22,24). The molecule has 10 heteroatoms. The largest absolute Gasteiger partial charge is 0.441 e. The first-order valence-corrected chi connectivity index (χ1v) is 11.0. The molecule has 1 N–H and O–H groups in total. The number of hydrogen-bond donors (Lipinski definition) is 1. The van der Waals surface area contributed by atoms with Gasteiger partial charge >= 0.3 is 0 Å². The molecule has 1 saturated heterocycles. The van der Waals surface area contributed by atoms with E-state index in [-0.39, 0.29) is 55.1 Å². The summed E-state index contributed by atoms with van der Waals surface area (Å²) in [5, 5.41) is 2.62. The van der Waals surface area contributed by atoms with E-state index in [0.717, 1.165) is 0 Å². The molecule has 156 valence electrons. The Morgan fingerprint density at radius 3 is 2.55 bits per heavy atom. The number of carbonyl (C=O) groups is 2. The molecule has 29 heavy (non-hydrogen) atoms. The normalized spacial score (nSPS) is 17.0. The van der Waals surface area contributed by atoms with E-state index in [1.807, 2.05) is 0 Å². The summed E-state index contributed by atoms with van der Waals surface area (Å²) in [6.07, 6.45) is 1.84. The molecule has 1 aromatic carbocycles. The molecule has 0 aliphatic carbocycles. The van der Waals surface area contributed by atoms with Crippen molar-refractivity contribution in [3.8, 4) is 11.3 Å². The van der Waals surface area contributed by atoms with Gasteiger partial charge in [-0.05, 0) is 31.2 Å². The van der Waals surface area contributed by atoms with Crippen LogP contribution in [0.4, 0.5) is 4.39 Å². The van der Waals surface area contributed by atoms with Gasteiger partial charge in [0.25, 0.3) is 0 Å². The molecule has 0 spiro atoms. The van der Waals surface area contributed by atoms with Crippen molar-refractivity contribution in [2.45, 2.75) is 25.8 Å². The molecule has 3 rings (SSSR count). The van der Waals surface area contributed by atoms with E-state index in [0.29, 0.717) is 17.2 Å². The van der Waals surface area contributed by atoms with E-state index in [1.165, 1.54) is 23.2 Å². The second-order valence-corrected chi connectivity index (χ2v) is 9.20. The first-order chi connectivity index (χ1) is 13.7. The molecule has 1 atom stereocenters. The van der Waals surface area contributed by atoms with Gasteiger partial charge in [-0.2, -0.15) is 0 Å². The fourth-order valence-electron chi connectivity index (χ4n) is 2.98. The molecule has 1 unspecified atom stereocenters. The van der Waals surface area contributed by atoms with E-state index < -0.39 is 15.9 Å². The Kier molecular flexibility index (Phi) is 6.31. The summed E-state index contributed by atoms with van der Waals surface area (Å²) in [6.45, 7) is 1.86. The number of hydrogen-bond acceptors (Lipinski definition) is 6. The van der Waals surface area contributed by atoms with Gasteiger partial charge in [0.2, 0.25) is 11.8 Å². The number of amides is 2. The zero-order valence-corrected chi connectivity index (χ0v) is 16.7. The van der Waals surface area contributed by atoms with Crippen LogP contribution in [0, 0.1) is 5.82 Å². The molecule has 1 aliphatic rings. The van der Waals surface area contributed by atoms with Gasteiger partial charge in [-0.15, -0.1) is 0 Å². The van der Waals surface area contributed by atoms with Crippen molar-refractivity contribution in [2.24, 2.45) is 0 Å². The summed E-state index contributed by atoms with van der Waals surface area (Å²) in [5.41, 5.74) is 0.678. The van der Waals surface area contributed by atoms with Crippen molar-refractivity contribution in [3.63, 3.8) is 0 Å². The zero-order valence-electron chi connectivity index (χ0n) is 15.9. The second kappa shape index (κ2) is 8.73. The monoisotopic (exact) mass is 423 g/mol. The number of oxazole rings is 1. The van der Waals surface area contributed by atoms with Gasteiger partial charge in [0.15, 0.2) is 21.5 Å². The van der Waals surface area contributed by atoms with Crippen LogP contribution in [-0.2, 0) is 25.8 Å². The van der Waals surface area contributed by atoms with Crippen LogP contribution in [0.5, 0.6) is 0 Å². The highest BCUT2D eigenvalue weighted by Crippen LogP contribution is 2.21. The molecule has 1 aliphatic heterocycles. The number of rotatable bonds is 6. The van der Waals surface area contributed by atoms with E-state index in [4.69, 9.17) is 4.42 Å². The molecular weight excluding hydrogens is 401 g/mol. The third-order valence-corrected chi connectivity index (χ3v) is 6.26. The Bertz CT molecular complexity index is 974. The highest BCUT2D eigenvalue weighted by Gasteiger charge is 2.28. The lowest BCUT2D eigenvalue weighted by atomic mass is 10.2. The Balaban J connectivity index is 1.47. The molecular formula is C19H22FN3O5S. The summed E-state index contributed by atoms with van der Waals surface area (Å²) in [7, 11) is -3.07. The quantitative estimate of drug-likeness (QED) is 0.747. The Morgan fingerprint density at radius 1 is 1.24 bits per heavy atom. The van der Waals surface area contributed by atoms with E-state index in [2.05, 4.69) is 10.3 Å². The minimum Gasteiger partial charge on any atom is -0.441 e. The van der Waals surface area contributed by atoms with E-state index in [9.17, 15) is 22.4 Å². The molecule has 0 saturated carbocycles. The van der Waals surface area contributed by atoms with Gasteiger partial charge < -0.3 is 14.6 Å². The predicted molar refractivity (Wildman–Crippen MR) is 103 cm³/mol. The molecule has 1 fully saturated rings. The van der Waals surface area contributed by atoms with Crippen molar-refractivity contribution in [3.05, 3.63) is 42.2 Å². The van der Waals surface area contributed by atoms with Crippen molar-refractivity contribution >= 4 is 21.7 Å². The van der Waals surface area contributed by atoms with Crippen molar-refractivity contribution in [1.82, 2.24) is 15.2 Å². The first-order valence-electron chi connectivity index (χ1n) is 9.23. The maximum absolute atomic E-state index is 13.0. The Morgan fingerprint density at radius 2 is 1.90 bits per heavy atom. The van der Waals surface area contributed by atoms with Crippen molar-refractivity contribution in [1.29, 1.82) is 0 Å². The van der Waals surface area contributed by atoms with Crippen LogP contribution in [0.1, 0.15) is 19.2 Å². The third kappa shape index (κ3) is 5.63. The van der Waals surface area contributed by atoms with Crippen LogP contribution in [-0.4, -0.2) is 60.8 Å². The van der Waals surface area contributed by atoms with Crippen LogP contribution in [0.2, 0.25) is 0 Å². The minimum absolute atomic E-state index is 0.0556. The van der Waals surface area contributed by atoms with Crippen molar-refractivity contribution in [2.75, 3.05) is 24.6 Å². The topological polar surface area (TPSA) is 110 Å². The average Bonchev–Trinajstić information content (AvgIpc) is 3.15. The number of nitrogens with one attached hydrogen (secondary N) is 1. The summed E-state index contributed by atoms with van der Waals surface area (Å²) in [5.74, 6) is -0.261. The first kappa shape index (κ1) is 21.0. The SMILES string of the molecule is CC(NC(=O)CCc1ncc(-c2ccc(F)cc2)o1)C(=O)N1CCS(=O)(=O)CC1. The lowest BCUT2D eigenvalue weighted by molar-refractivity contribution is -0.135. The van der Waals surface area contributed by atoms with Crippen LogP contribution in [0.25, 0.3) is 11.3 Å². The summed E-state index contributed by atoms with van der Waals surface area (Å²) >= 11 is 0. The van der Waals surface area contributed by atoms with Crippen molar-refractivity contribution < 1.29 is 26.8 Å². The van der Waals surface area contributed by atoms with Crippen LogP contribution in [0.15, 0.2) is 34.9 Å². The van der Waals surface area contributed by atoms with Crippen LogP contribution in [0.3, 0.4) is 0 Å². The number of aryl methyl sites for hydroxylation is 1. The van der Waals surface area contributed by atoms with Crippen LogP contribution >= 0.6 is 0 Å². The number of benzene rings is 1. The molecule has 8 nitrogen and oxygen atoms in total. The van der Waals surface area contributed by atoms with Crippen LogP contribution < -0.4 is 5.32 Å². The van der Waals surface area contributed by atoms with Gasteiger partial charge in [-0.1, -0.05) is 0 Å². The van der Waals surface area contributed by atoms with Gasteiger partial charge in [-0.3, -0.25) is 9.59 Å². The third-order valence-electron chi connectivity index (χ3n) is 4.65. The average molecular weight is 423 g/mol. The maximum atomic E-state index is 13.0. The highest BCUT2D eigenvalue weighted by molar-refractivity contribution is 7.91. The highest BCUT2D eigenvalue weighted by atomic mass is 32.2. The smallest absolute Gasteiger partial charge is 0.244 e. The van der Waals surface area contributed by atoms with Gasteiger partial charge in [0, 0.05) is 31.5 Å². The molecule has 0 radical (unpaired) electrons. The Labute approximate surface area is 168 Å². The lowest BCUT2D eigenvalue weighted by Crippen LogP contribution is -2.51.